The zero-order valence-corrected chi connectivity index (χ0v) is 19.0. The average molecular weight is 463 g/mol. The van der Waals surface area contributed by atoms with Gasteiger partial charge >= 0.3 is 0 Å². The van der Waals surface area contributed by atoms with Crippen molar-refractivity contribution < 1.29 is 17.9 Å². The molecule has 0 aliphatic rings. The normalized spacial score (nSPS) is 11.4. The highest BCUT2D eigenvalue weighted by atomic mass is 35.5. The molecule has 0 radical (unpaired) electrons. The van der Waals surface area contributed by atoms with E-state index in [0.717, 1.165) is 11.9 Å². The molecule has 0 spiro atoms. The van der Waals surface area contributed by atoms with E-state index >= 15 is 0 Å². The van der Waals surface area contributed by atoms with E-state index in [-0.39, 0.29) is 16.5 Å². The van der Waals surface area contributed by atoms with E-state index in [9.17, 15) is 13.2 Å². The van der Waals surface area contributed by atoms with Gasteiger partial charge in [-0.2, -0.15) is 0 Å². The lowest BCUT2D eigenvalue weighted by atomic mass is 10.2. The van der Waals surface area contributed by atoms with Crippen molar-refractivity contribution in [3.63, 3.8) is 0 Å². The van der Waals surface area contributed by atoms with Gasteiger partial charge in [-0.05, 0) is 49.7 Å². The fourth-order valence-corrected chi connectivity index (χ4v) is 3.79. The number of ether oxygens (including phenoxy) is 1. The molecule has 0 fully saturated rings. The molecule has 1 heterocycles. The van der Waals surface area contributed by atoms with E-state index in [2.05, 4.69) is 10.3 Å². The summed E-state index contributed by atoms with van der Waals surface area (Å²) in [6, 6.07) is 13.5. The molecule has 3 aromatic rings. The molecule has 0 atom stereocenters. The number of sulfone groups is 1. The SMILES string of the molecule is Cc1c(C(=O)N(C)CCCOc2cccc(S(C)(=O)=O)c2)nnn1-c1cccc(Cl)c1. The maximum absolute atomic E-state index is 12.8. The van der Waals surface area contributed by atoms with Gasteiger partial charge in [0.2, 0.25) is 0 Å². The first-order valence-corrected chi connectivity index (χ1v) is 11.8. The second-order valence-corrected chi connectivity index (χ2v) is 9.54. The fourth-order valence-electron chi connectivity index (χ4n) is 2.95. The second kappa shape index (κ2) is 9.49. The van der Waals surface area contributed by atoms with Gasteiger partial charge in [-0.25, -0.2) is 13.1 Å². The van der Waals surface area contributed by atoms with Crippen LogP contribution >= 0.6 is 11.6 Å². The molecule has 0 aliphatic carbocycles. The topological polar surface area (TPSA) is 94.4 Å². The van der Waals surface area contributed by atoms with Gasteiger partial charge in [0.25, 0.3) is 5.91 Å². The lowest BCUT2D eigenvalue weighted by Crippen LogP contribution is -2.29. The van der Waals surface area contributed by atoms with Crippen LogP contribution < -0.4 is 4.74 Å². The summed E-state index contributed by atoms with van der Waals surface area (Å²) in [6.45, 7) is 2.55. The third kappa shape index (κ3) is 5.62. The number of rotatable bonds is 8. The van der Waals surface area contributed by atoms with Crippen LogP contribution in [0.25, 0.3) is 5.69 Å². The molecule has 8 nitrogen and oxygen atoms in total. The van der Waals surface area contributed by atoms with Crippen LogP contribution in [0.15, 0.2) is 53.4 Å². The van der Waals surface area contributed by atoms with Crippen LogP contribution in [0.2, 0.25) is 5.02 Å². The van der Waals surface area contributed by atoms with Gasteiger partial charge in [-0.3, -0.25) is 4.79 Å². The Morgan fingerprint density at radius 3 is 2.65 bits per heavy atom. The summed E-state index contributed by atoms with van der Waals surface area (Å²) in [5.41, 5.74) is 1.61. The van der Waals surface area contributed by atoms with Crippen LogP contribution in [0.3, 0.4) is 0 Å². The minimum Gasteiger partial charge on any atom is -0.493 e. The van der Waals surface area contributed by atoms with Crippen molar-refractivity contribution in [1.82, 2.24) is 19.9 Å². The van der Waals surface area contributed by atoms with E-state index in [1.165, 1.54) is 12.1 Å². The Kier molecular flexibility index (Phi) is 6.97. The summed E-state index contributed by atoms with van der Waals surface area (Å²) >= 11 is 6.03. The van der Waals surface area contributed by atoms with Crippen LogP contribution in [0.4, 0.5) is 0 Å². The third-order valence-electron chi connectivity index (χ3n) is 4.64. The van der Waals surface area contributed by atoms with E-state index in [4.69, 9.17) is 16.3 Å². The molecule has 0 N–H and O–H groups in total. The van der Waals surface area contributed by atoms with Crippen molar-refractivity contribution in [2.75, 3.05) is 26.5 Å². The molecule has 1 aromatic heterocycles. The van der Waals surface area contributed by atoms with Crippen LogP contribution in [0, 0.1) is 6.92 Å². The van der Waals surface area contributed by atoms with Crippen LogP contribution in [-0.2, 0) is 9.84 Å². The first-order valence-electron chi connectivity index (χ1n) is 9.53. The number of carbonyl (C=O) groups excluding carboxylic acids is 1. The number of aromatic nitrogens is 3. The number of hydrogen-bond acceptors (Lipinski definition) is 6. The minimum atomic E-state index is -3.29. The van der Waals surface area contributed by atoms with Crippen LogP contribution in [0.1, 0.15) is 22.6 Å². The Morgan fingerprint density at radius 2 is 1.94 bits per heavy atom. The smallest absolute Gasteiger partial charge is 0.276 e. The molecular formula is C21H23ClN4O4S. The molecule has 31 heavy (non-hydrogen) atoms. The average Bonchev–Trinajstić information content (AvgIpc) is 3.11. The Bertz CT molecular complexity index is 1190. The Labute approximate surface area is 186 Å². The van der Waals surface area contributed by atoms with Gasteiger partial charge in [0.1, 0.15) is 5.75 Å². The molecular weight excluding hydrogens is 440 g/mol. The number of halogens is 1. The van der Waals surface area contributed by atoms with Crippen molar-refractivity contribution in [1.29, 1.82) is 0 Å². The van der Waals surface area contributed by atoms with Crippen LogP contribution in [0.5, 0.6) is 5.75 Å². The number of nitrogens with zero attached hydrogens (tertiary/aromatic N) is 4. The van der Waals surface area contributed by atoms with E-state index in [1.54, 1.807) is 53.9 Å². The molecule has 1 amide bonds. The van der Waals surface area contributed by atoms with Gasteiger partial charge in [0, 0.05) is 24.9 Å². The van der Waals surface area contributed by atoms with Gasteiger partial charge in [-0.1, -0.05) is 28.9 Å². The van der Waals surface area contributed by atoms with Crippen molar-refractivity contribution in [3.05, 3.63) is 64.9 Å². The predicted molar refractivity (Wildman–Crippen MR) is 118 cm³/mol. The van der Waals surface area contributed by atoms with Gasteiger partial charge in [0.05, 0.1) is 22.9 Å². The lowest BCUT2D eigenvalue weighted by Gasteiger charge is -2.16. The largest absolute Gasteiger partial charge is 0.493 e. The Morgan fingerprint density at radius 1 is 1.19 bits per heavy atom. The van der Waals surface area contributed by atoms with Crippen LogP contribution in [-0.4, -0.2) is 60.7 Å². The maximum atomic E-state index is 12.8. The predicted octanol–water partition coefficient (Wildman–Crippen LogP) is 3.17. The standard InChI is InChI=1S/C21H23ClN4O4S/c1-15-20(23-24-26(15)17-8-4-7-16(22)13-17)21(27)25(2)11-6-12-30-18-9-5-10-19(14-18)31(3,28)29/h4-5,7-10,13-14H,6,11-12H2,1-3H3. The summed E-state index contributed by atoms with van der Waals surface area (Å²) in [7, 11) is -1.61. The van der Waals surface area contributed by atoms with Crippen molar-refractivity contribution in [2.24, 2.45) is 0 Å². The second-order valence-electron chi connectivity index (χ2n) is 7.09. The van der Waals surface area contributed by atoms with Crippen molar-refractivity contribution in [3.8, 4) is 11.4 Å². The molecule has 0 bridgehead atoms. The number of carbonyl (C=O) groups is 1. The third-order valence-corrected chi connectivity index (χ3v) is 5.98. The van der Waals surface area contributed by atoms with E-state index in [0.29, 0.717) is 36.0 Å². The van der Waals surface area contributed by atoms with Gasteiger partial charge < -0.3 is 9.64 Å². The first kappa shape index (κ1) is 22.8. The van der Waals surface area contributed by atoms with Gasteiger partial charge in [-0.15, -0.1) is 5.10 Å². The monoisotopic (exact) mass is 462 g/mol. The molecule has 0 saturated heterocycles. The van der Waals surface area contributed by atoms with Gasteiger partial charge in [0.15, 0.2) is 15.5 Å². The summed E-state index contributed by atoms with van der Waals surface area (Å²) in [5.74, 6) is 0.224. The number of hydrogen-bond donors (Lipinski definition) is 0. The highest BCUT2D eigenvalue weighted by Gasteiger charge is 2.20. The molecule has 3 rings (SSSR count). The summed E-state index contributed by atoms with van der Waals surface area (Å²) < 4.78 is 30.5. The molecule has 0 unspecified atom stereocenters. The highest BCUT2D eigenvalue weighted by Crippen LogP contribution is 2.19. The Hall–Kier alpha value is -2.91. The number of benzene rings is 2. The molecule has 10 heteroatoms. The zero-order chi connectivity index (χ0) is 22.6. The molecule has 164 valence electrons. The molecule has 2 aromatic carbocycles. The highest BCUT2D eigenvalue weighted by molar-refractivity contribution is 7.90. The van der Waals surface area contributed by atoms with Crippen molar-refractivity contribution in [2.45, 2.75) is 18.2 Å². The molecule has 0 aliphatic heterocycles. The summed E-state index contributed by atoms with van der Waals surface area (Å²) in [5, 5.41) is 8.69. The summed E-state index contributed by atoms with van der Waals surface area (Å²) in [4.78, 5) is 14.5. The molecule has 0 saturated carbocycles. The maximum Gasteiger partial charge on any atom is 0.276 e. The quantitative estimate of drug-likeness (QED) is 0.477. The first-order chi connectivity index (χ1) is 14.7. The van der Waals surface area contributed by atoms with Crippen molar-refractivity contribution >= 4 is 27.3 Å². The van der Waals surface area contributed by atoms with E-state index in [1.807, 2.05) is 6.07 Å². The Balaban J connectivity index is 1.57. The lowest BCUT2D eigenvalue weighted by molar-refractivity contribution is 0.0781. The minimum absolute atomic E-state index is 0.204. The van der Waals surface area contributed by atoms with E-state index < -0.39 is 9.84 Å². The fraction of sp³-hybridized carbons (Fsp3) is 0.286. The summed E-state index contributed by atoms with van der Waals surface area (Å²) in [6.07, 6.45) is 1.71. The zero-order valence-electron chi connectivity index (χ0n) is 17.4. The number of amides is 1.